The third-order valence-electron chi connectivity index (χ3n) is 3.53. The van der Waals surface area contributed by atoms with Crippen LogP contribution in [0.25, 0.3) is 0 Å². The molecular formula is C10H20GaNO. The van der Waals surface area contributed by atoms with Gasteiger partial charge in [0, 0.05) is 0 Å². The van der Waals surface area contributed by atoms with Crippen LogP contribution in [0, 0.1) is 0 Å². The molecule has 1 fully saturated rings. The van der Waals surface area contributed by atoms with E-state index >= 15 is 0 Å². The van der Waals surface area contributed by atoms with E-state index in [2.05, 4.69) is 16.3 Å². The Kier molecular flexibility index (Phi) is 3.92. The Labute approximate surface area is 86.5 Å². The maximum atomic E-state index is 11.9. The van der Waals surface area contributed by atoms with Gasteiger partial charge in [0.05, 0.1) is 0 Å². The Bertz CT molecular complexity index is 185. The molecule has 0 spiro atoms. The van der Waals surface area contributed by atoms with Gasteiger partial charge in [-0.2, -0.15) is 0 Å². The summed E-state index contributed by atoms with van der Waals surface area (Å²) >= 11 is -1.34. The van der Waals surface area contributed by atoms with Crippen LogP contribution in [-0.2, 0) is 4.79 Å². The molecule has 0 heterocycles. The SMILES string of the molecule is CNC(=O)[C]1([Ga]([CH3])[CH3])CCCCC1. The van der Waals surface area contributed by atoms with E-state index in [0.29, 0.717) is 5.91 Å². The van der Waals surface area contributed by atoms with Gasteiger partial charge in [-0.1, -0.05) is 0 Å². The van der Waals surface area contributed by atoms with Crippen LogP contribution >= 0.6 is 0 Å². The van der Waals surface area contributed by atoms with Crippen LogP contribution in [0.4, 0.5) is 0 Å². The summed E-state index contributed by atoms with van der Waals surface area (Å²) in [5.41, 5.74) is 4.71. The average Bonchev–Trinajstić information content (AvgIpc) is 2.17. The molecule has 0 aromatic heterocycles. The summed E-state index contributed by atoms with van der Waals surface area (Å²) in [7, 11) is 1.78. The van der Waals surface area contributed by atoms with Crippen molar-refractivity contribution in [3.8, 4) is 0 Å². The van der Waals surface area contributed by atoms with Crippen molar-refractivity contribution in [1.82, 2.24) is 5.32 Å². The Hall–Kier alpha value is 0.106. The standard InChI is InChI=1S/C8H14NO.2CH3.Ga/c1-9-8(10)7-5-3-2-4-6-7;;;/h2-6H2,1H3,(H,9,10);2*1H3;. The van der Waals surface area contributed by atoms with Gasteiger partial charge in [-0.25, -0.2) is 0 Å². The molecule has 0 bridgehead atoms. The van der Waals surface area contributed by atoms with Gasteiger partial charge < -0.3 is 0 Å². The fourth-order valence-electron chi connectivity index (χ4n) is 2.50. The number of amides is 1. The molecule has 1 amide bonds. The molecule has 0 aromatic carbocycles. The fourth-order valence-corrected chi connectivity index (χ4v) is 7.18. The van der Waals surface area contributed by atoms with Crippen molar-refractivity contribution >= 4 is 22.1 Å². The number of carbonyl (C=O) groups excluding carboxylic acids is 1. The molecule has 0 aromatic rings. The first-order chi connectivity index (χ1) is 6.13. The number of hydrogen-bond acceptors (Lipinski definition) is 1. The summed E-state index contributed by atoms with van der Waals surface area (Å²) in [4.78, 5) is 11.9. The zero-order chi connectivity index (χ0) is 9.90. The van der Waals surface area contributed by atoms with Crippen molar-refractivity contribution < 1.29 is 4.79 Å². The molecule has 0 saturated heterocycles. The topological polar surface area (TPSA) is 29.1 Å². The summed E-state index contributed by atoms with van der Waals surface area (Å²) in [6.07, 6.45) is 6.16. The quantitative estimate of drug-likeness (QED) is 0.736. The van der Waals surface area contributed by atoms with E-state index in [0.717, 1.165) is 12.8 Å². The minimum absolute atomic E-state index is 0.125. The molecule has 3 heteroatoms. The molecule has 1 N–H and O–H groups in total. The maximum absolute atomic E-state index is 11.9. The first-order valence-electron chi connectivity index (χ1n) is 5.35. The van der Waals surface area contributed by atoms with E-state index in [9.17, 15) is 4.79 Å². The molecular weight excluding hydrogens is 220 g/mol. The third kappa shape index (κ3) is 2.13. The second kappa shape index (κ2) is 4.56. The molecule has 0 unspecified atom stereocenters. The van der Waals surface area contributed by atoms with Gasteiger partial charge in [0.1, 0.15) is 0 Å². The van der Waals surface area contributed by atoms with Crippen LogP contribution < -0.4 is 5.32 Å². The third-order valence-corrected chi connectivity index (χ3v) is 9.93. The van der Waals surface area contributed by atoms with Gasteiger partial charge in [0.25, 0.3) is 0 Å². The second-order valence-corrected chi connectivity index (χ2v) is 11.6. The molecule has 1 aliphatic rings. The molecule has 0 atom stereocenters. The minimum atomic E-state index is -1.34. The molecule has 2 nitrogen and oxygen atoms in total. The van der Waals surface area contributed by atoms with Crippen molar-refractivity contribution in [2.75, 3.05) is 7.05 Å². The van der Waals surface area contributed by atoms with Crippen LogP contribution in [0.5, 0.6) is 0 Å². The predicted octanol–water partition coefficient (Wildman–Crippen LogP) is 2.19. The summed E-state index contributed by atoms with van der Waals surface area (Å²) in [5, 5.41) is 2.86. The van der Waals surface area contributed by atoms with Gasteiger partial charge in [0.15, 0.2) is 0 Å². The second-order valence-electron chi connectivity index (χ2n) is 4.45. The predicted molar refractivity (Wildman–Crippen MR) is 57.3 cm³/mol. The van der Waals surface area contributed by atoms with E-state index in [4.69, 9.17) is 0 Å². The van der Waals surface area contributed by atoms with Gasteiger partial charge in [-0.15, -0.1) is 0 Å². The molecule has 1 saturated carbocycles. The molecule has 0 aliphatic heterocycles. The van der Waals surface area contributed by atoms with E-state index in [1.54, 1.807) is 7.05 Å². The van der Waals surface area contributed by atoms with Crippen molar-refractivity contribution in [2.45, 2.75) is 47.0 Å². The van der Waals surface area contributed by atoms with E-state index in [1.165, 1.54) is 19.3 Å². The van der Waals surface area contributed by atoms with E-state index in [1.807, 2.05) is 0 Å². The molecule has 13 heavy (non-hydrogen) atoms. The zero-order valence-electron chi connectivity index (χ0n) is 9.02. The summed E-state index contributed by atoms with van der Waals surface area (Å²) in [5.74, 6) is 0.335. The van der Waals surface area contributed by atoms with Crippen molar-refractivity contribution in [3.05, 3.63) is 0 Å². The first-order valence-corrected chi connectivity index (χ1v) is 11.4. The number of rotatable bonds is 2. The molecule has 0 radical (unpaired) electrons. The van der Waals surface area contributed by atoms with Crippen molar-refractivity contribution in [3.63, 3.8) is 0 Å². The number of hydrogen-bond donors (Lipinski definition) is 1. The Morgan fingerprint density at radius 2 is 1.77 bits per heavy atom. The fraction of sp³-hybridized carbons (Fsp3) is 0.900. The summed E-state index contributed by atoms with van der Waals surface area (Å²) in [6.45, 7) is 0. The normalized spacial score (nSPS) is 20.8. The molecule has 74 valence electrons. The Morgan fingerprint density at radius 1 is 1.23 bits per heavy atom. The van der Waals surface area contributed by atoms with Crippen molar-refractivity contribution in [1.29, 1.82) is 0 Å². The molecule has 1 aliphatic carbocycles. The molecule has 1 rings (SSSR count). The van der Waals surface area contributed by atoms with Crippen molar-refractivity contribution in [2.24, 2.45) is 0 Å². The summed E-state index contributed by atoms with van der Waals surface area (Å²) in [6, 6.07) is 0. The van der Waals surface area contributed by atoms with Gasteiger partial charge in [0.2, 0.25) is 0 Å². The zero-order valence-corrected chi connectivity index (χ0v) is 11.4. The van der Waals surface area contributed by atoms with Crippen LogP contribution in [0.1, 0.15) is 32.1 Å². The Morgan fingerprint density at radius 3 is 2.15 bits per heavy atom. The monoisotopic (exact) mass is 239 g/mol. The first kappa shape index (κ1) is 11.2. The Balaban J connectivity index is 2.79. The van der Waals surface area contributed by atoms with E-state index < -0.39 is 16.2 Å². The van der Waals surface area contributed by atoms with Crippen LogP contribution in [0.15, 0.2) is 0 Å². The average molecular weight is 240 g/mol. The van der Waals surface area contributed by atoms with Crippen LogP contribution in [0.3, 0.4) is 0 Å². The number of nitrogens with one attached hydrogen (secondary N) is 1. The van der Waals surface area contributed by atoms with Gasteiger partial charge >= 0.3 is 86.3 Å². The van der Waals surface area contributed by atoms with Crippen LogP contribution in [0.2, 0.25) is 14.9 Å². The van der Waals surface area contributed by atoms with Gasteiger partial charge in [-0.05, 0) is 0 Å². The number of carbonyl (C=O) groups is 1. The summed E-state index contributed by atoms with van der Waals surface area (Å²) < 4.78 is 0.125. The van der Waals surface area contributed by atoms with Crippen LogP contribution in [-0.4, -0.2) is 29.2 Å². The van der Waals surface area contributed by atoms with E-state index in [-0.39, 0.29) is 3.97 Å². The van der Waals surface area contributed by atoms with Gasteiger partial charge in [-0.3, -0.25) is 0 Å².